The van der Waals surface area contributed by atoms with Gasteiger partial charge in [0.2, 0.25) is 0 Å². The molecule has 0 saturated heterocycles. The second-order valence-corrected chi connectivity index (χ2v) is 3.99. The van der Waals surface area contributed by atoms with Crippen LogP contribution in [0.1, 0.15) is 18.8 Å². The van der Waals surface area contributed by atoms with Gasteiger partial charge in [0.15, 0.2) is 5.82 Å². The number of hydrogen-bond donors (Lipinski definition) is 2. The van der Waals surface area contributed by atoms with Crippen molar-refractivity contribution in [1.82, 2.24) is 14.8 Å². The molecule has 2 aromatic rings. The maximum Gasteiger partial charge on any atom is 0.151 e. The van der Waals surface area contributed by atoms with Gasteiger partial charge in [-0.15, -0.1) is 0 Å². The van der Waals surface area contributed by atoms with Crippen LogP contribution in [0.4, 0.5) is 0 Å². The van der Waals surface area contributed by atoms with E-state index in [1.165, 1.54) is 6.33 Å². The summed E-state index contributed by atoms with van der Waals surface area (Å²) in [4.78, 5) is 4.09. The Morgan fingerprint density at radius 1 is 1.33 bits per heavy atom. The van der Waals surface area contributed by atoms with E-state index < -0.39 is 12.1 Å². The highest BCUT2D eigenvalue weighted by atomic mass is 16.5. The number of rotatable bonds is 4. The monoisotopic (exact) mass is 248 g/mol. The Labute approximate surface area is 105 Å². The fourth-order valence-electron chi connectivity index (χ4n) is 1.62. The molecule has 3 N–H and O–H groups in total. The van der Waals surface area contributed by atoms with E-state index in [0.29, 0.717) is 5.82 Å². The molecule has 0 amide bonds. The molecule has 0 aliphatic rings. The van der Waals surface area contributed by atoms with E-state index in [1.54, 1.807) is 18.7 Å². The van der Waals surface area contributed by atoms with Crippen LogP contribution >= 0.6 is 0 Å². The molecule has 0 spiro atoms. The summed E-state index contributed by atoms with van der Waals surface area (Å²) in [5.41, 5.74) is 6.70. The molecule has 18 heavy (non-hydrogen) atoms. The summed E-state index contributed by atoms with van der Waals surface area (Å²) in [5, 5.41) is 13.6. The fourth-order valence-corrected chi connectivity index (χ4v) is 1.62. The number of nitrogens with two attached hydrogens (primary N) is 1. The van der Waals surface area contributed by atoms with Crippen LogP contribution in [0.2, 0.25) is 0 Å². The highest BCUT2D eigenvalue weighted by Crippen LogP contribution is 2.18. The lowest BCUT2D eigenvalue weighted by Crippen LogP contribution is -2.26. The second-order valence-electron chi connectivity index (χ2n) is 3.99. The first kappa shape index (κ1) is 12.5. The van der Waals surface area contributed by atoms with E-state index in [9.17, 15) is 5.11 Å². The number of ether oxygens (including phenoxy) is 1. The van der Waals surface area contributed by atoms with Crippen molar-refractivity contribution in [3.8, 4) is 11.4 Å². The molecule has 0 radical (unpaired) electrons. The number of aromatic nitrogens is 3. The third kappa shape index (κ3) is 2.34. The molecule has 6 heteroatoms. The van der Waals surface area contributed by atoms with Crippen molar-refractivity contribution in [2.45, 2.75) is 19.1 Å². The van der Waals surface area contributed by atoms with E-state index in [4.69, 9.17) is 10.5 Å². The lowest BCUT2D eigenvalue weighted by atomic mass is 10.2. The van der Waals surface area contributed by atoms with Gasteiger partial charge in [0, 0.05) is 0 Å². The van der Waals surface area contributed by atoms with Crippen LogP contribution in [-0.2, 0) is 0 Å². The van der Waals surface area contributed by atoms with Crippen molar-refractivity contribution in [3.05, 3.63) is 36.4 Å². The van der Waals surface area contributed by atoms with Crippen LogP contribution in [0.15, 0.2) is 30.6 Å². The Balaban J connectivity index is 2.35. The lowest BCUT2D eigenvalue weighted by molar-refractivity contribution is 0.159. The van der Waals surface area contributed by atoms with Crippen LogP contribution < -0.4 is 10.5 Å². The van der Waals surface area contributed by atoms with Gasteiger partial charge in [0.05, 0.1) is 24.9 Å². The fraction of sp³-hybridized carbons (Fsp3) is 0.333. The van der Waals surface area contributed by atoms with Gasteiger partial charge in [-0.25, -0.2) is 9.67 Å². The molecule has 2 atom stereocenters. The molecule has 1 aromatic carbocycles. The quantitative estimate of drug-likeness (QED) is 0.830. The van der Waals surface area contributed by atoms with Crippen LogP contribution in [0.25, 0.3) is 5.69 Å². The van der Waals surface area contributed by atoms with Gasteiger partial charge in [-0.05, 0) is 31.2 Å². The predicted molar refractivity (Wildman–Crippen MR) is 66.5 cm³/mol. The molecule has 1 aromatic heterocycles. The van der Waals surface area contributed by atoms with Gasteiger partial charge in [-0.1, -0.05) is 0 Å². The van der Waals surface area contributed by atoms with Gasteiger partial charge in [-0.2, -0.15) is 5.10 Å². The molecular formula is C12H16N4O2. The third-order valence-corrected chi connectivity index (χ3v) is 2.71. The number of benzene rings is 1. The Bertz CT molecular complexity index is 507. The molecule has 6 nitrogen and oxygen atoms in total. The first-order valence-corrected chi connectivity index (χ1v) is 5.61. The maximum atomic E-state index is 9.52. The van der Waals surface area contributed by atoms with Crippen molar-refractivity contribution < 1.29 is 9.84 Å². The Kier molecular flexibility index (Phi) is 3.59. The molecule has 0 saturated carbocycles. The zero-order valence-electron chi connectivity index (χ0n) is 10.3. The molecule has 2 rings (SSSR count). The van der Waals surface area contributed by atoms with Gasteiger partial charge in [-0.3, -0.25) is 0 Å². The molecule has 96 valence electrons. The van der Waals surface area contributed by atoms with Gasteiger partial charge >= 0.3 is 0 Å². The van der Waals surface area contributed by atoms with E-state index in [2.05, 4.69) is 10.1 Å². The zero-order chi connectivity index (χ0) is 13.1. The van der Waals surface area contributed by atoms with Crippen LogP contribution in [0, 0.1) is 0 Å². The first-order chi connectivity index (χ1) is 8.63. The summed E-state index contributed by atoms with van der Waals surface area (Å²) in [6.45, 7) is 1.62. The Hall–Kier alpha value is -1.92. The van der Waals surface area contributed by atoms with Crippen molar-refractivity contribution in [3.63, 3.8) is 0 Å². The van der Waals surface area contributed by atoms with Crippen LogP contribution in [0.5, 0.6) is 5.75 Å². The summed E-state index contributed by atoms with van der Waals surface area (Å²) in [5.74, 6) is 1.29. The van der Waals surface area contributed by atoms with Gasteiger partial charge in [0.1, 0.15) is 12.1 Å². The summed E-state index contributed by atoms with van der Waals surface area (Å²) < 4.78 is 6.70. The molecule has 0 bridgehead atoms. The minimum absolute atomic E-state index is 0.523. The highest BCUT2D eigenvalue weighted by Gasteiger charge is 2.19. The lowest BCUT2D eigenvalue weighted by Gasteiger charge is -2.15. The topological polar surface area (TPSA) is 86.2 Å². The van der Waals surface area contributed by atoms with Crippen molar-refractivity contribution >= 4 is 0 Å². The zero-order valence-corrected chi connectivity index (χ0v) is 10.3. The van der Waals surface area contributed by atoms with Crippen LogP contribution in [0.3, 0.4) is 0 Å². The highest BCUT2D eigenvalue weighted by molar-refractivity contribution is 5.37. The van der Waals surface area contributed by atoms with E-state index in [-0.39, 0.29) is 0 Å². The summed E-state index contributed by atoms with van der Waals surface area (Å²) in [7, 11) is 1.61. The minimum atomic E-state index is -0.689. The molecule has 0 aliphatic carbocycles. The molecule has 0 aliphatic heterocycles. The van der Waals surface area contributed by atoms with Crippen molar-refractivity contribution in [2.75, 3.05) is 7.11 Å². The average molecular weight is 248 g/mol. The second kappa shape index (κ2) is 5.16. The van der Waals surface area contributed by atoms with Gasteiger partial charge in [0.25, 0.3) is 0 Å². The Morgan fingerprint density at radius 2 is 2.00 bits per heavy atom. The summed E-state index contributed by atoms with van der Waals surface area (Å²) in [6, 6.07) is 6.79. The summed E-state index contributed by atoms with van der Waals surface area (Å²) in [6.07, 6.45) is 0.730. The predicted octanol–water partition coefficient (Wildman–Crippen LogP) is 0.656. The number of nitrogens with zero attached hydrogens (tertiary/aromatic N) is 3. The maximum absolute atomic E-state index is 9.52. The molecule has 1 heterocycles. The largest absolute Gasteiger partial charge is 0.497 e. The molecule has 0 fully saturated rings. The standard InChI is InChI=1S/C12H16N4O2/c1-8(17)11(13)12-14-7-15-16(12)9-3-5-10(18-2)6-4-9/h3-8,11,17H,13H2,1-2H3/t8-,11+/m0/s1. The number of methoxy groups -OCH3 is 1. The van der Waals surface area contributed by atoms with Gasteiger partial charge < -0.3 is 15.6 Å². The normalized spacial score (nSPS) is 14.2. The molecular weight excluding hydrogens is 232 g/mol. The van der Waals surface area contributed by atoms with Crippen LogP contribution in [-0.4, -0.2) is 33.1 Å². The SMILES string of the molecule is COc1ccc(-n2ncnc2[C@H](N)[C@H](C)O)cc1. The minimum Gasteiger partial charge on any atom is -0.497 e. The molecule has 0 unspecified atom stereocenters. The van der Waals surface area contributed by atoms with E-state index in [0.717, 1.165) is 11.4 Å². The van der Waals surface area contributed by atoms with E-state index >= 15 is 0 Å². The third-order valence-electron chi connectivity index (χ3n) is 2.71. The number of aliphatic hydroxyl groups excluding tert-OH is 1. The van der Waals surface area contributed by atoms with Crippen molar-refractivity contribution in [1.29, 1.82) is 0 Å². The first-order valence-electron chi connectivity index (χ1n) is 5.61. The average Bonchev–Trinajstić information content (AvgIpc) is 2.87. The number of hydrogen-bond acceptors (Lipinski definition) is 5. The summed E-state index contributed by atoms with van der Waals surface area (Å²) >= 11 is 0. The van der Waals surface area contributed by atoms with Crippen molar-refractivity contribution in [2.24, 2.45) is 5.73 Å². The number of aliphatic hydroxyl groups is 1. The Morgan fingerprint density at radius 3 is 2.56 bits per heavy atom. The van der Waals surface area contributed by atoms with E-state index in [1.807, 2.05) is 24.3 Å². The smallest absolute Gasteiger partial charge is 0.151 e.